The maximum Gasteiger partial charge on any atom is 0.416 e. The molecule has 1 heterocycles. The van der Waals surface area contributed by atoms with E-state index in [0.29, 0.717) is 43.7 Å². The molecule has 1 aromatic rings. The Kier molecular flexibility index (Phi) is 8.33. The van der Waals surface area contributed by atoms with E-state index < -0.39 is 11.7 Å². The van der Waals surface area contributed by atoms with Crippen molar-refractivity contribution in [1.82, 2.24) is 4.90 Å². The molecular weight excluding hydrogens is 438 g/mol. The normalized spacial score (nSPS) is 28.9. The first-order valence-electron chi connectivity index (χ1n) is 10.3. The molecule has 2 atom stereocenters. The van der Waals surface area contributed by atoms with Crippen LogP contribution in [0.25, 0.3) is 0 Å². The zero-order valence-corrected chi connectivity index (χ0v) is 18.4. The molecule has 1 aromatic carbocycles. The minimum absolute atomic E-state index is 0. The second-order valence-corrected chi connectivity index (χ2v) is 8.56. The molecule has 30 heavy (non-hydrogen) atoms. The van der Waals surface area contributed by atoms with Crippen LogP contribution < -0.4 is 10.6 Å². The Morgan fingerprint density at radius 1 is 1.00 bits per heavy atom. The van der Waals surface area contributed by atoms with Gasteiger partial charge in [-0.3, -0.25) is 4.79 Å². The van der Waals surface area contributed by atoms with Gasteiger partial charge in [-0.15, -0.1) is 24.8 Å². The number of rotatable bonds is 2. The van der Waals surface area contributed by atoms with E-state index in [1.54, 1.807) is 6.07 Å². The van der Waals surface area contributed by atoms with Gasteiger partial charge in [0.15, 0.2) is 0 Å². The molecule has 2 saturated carbocycles. The number of anilines is 1. The smallest absolute Gasteiger partial charge is 0.368 e. The number of carbonyl (C=O) groups is 1. The van der Waals surface area contributed by atoms with Crippen molar-refractivity contribution in [3.63, 3.8) is 0 Å². The van der Waals surface area contributed by atoms with Crippen molar-refractivity contribution in [1.29, 1.82) is 0 Å². The van der Waals surface area contributed by atoms with Crippen LogP contribution in [-0.4, -0.2) is 43.0 Å². The van der Waals surface area contributed by atoms with Gasteiger partial charge in [0, 0.05) is 43.8 Å². The minimum Gasteiger partial charge on any atom is -0.368 e. The largest absolute Gasteiger partial charge is 0.416 e. The highest BCUT2D eigenvalue weighted by Gasteiger charge is 2.42. The summed E-state index contributed by atoms with van der Waals surface area (Å²) in [5.74, 6) is 1.21. The van der Waals surface area contributed by atoms with Crippen LogP contribution in [0, 0.1) is 17.8 Å². The average molecular weight is 468 g/mol. The number of carbonyl (C=O) groups excluding carboxylic acids is 1. The lowest BCUT2D eigenvalue weighted by molar-refractivity contribution is -0.139. The van der Waals surface area contributed by atoms with Gasteiger partial charge >= 0.3 is 6.18 Å². The summed E-state index contributed by atoms with van der Waals surface area (Å²) >= 11 is 0. The quantitative estimate of drug-likeness (QED) is 0.702. The van der Waals surface area contributed by atoms with Crippen molar-refractivity contribution < 1.29 is 18.0 Å². The van der Waals surface area contributed by atoms with Crippen molar-refractivity contribution in [2.45, 2.75) is 44.3 Å². The summed E-state index contributed by atoms with van der Waals surface area (Å²) in [6, 6.07) is 5.68. The maximum atomic E-state index is 13.0. The lowest BCUT2D eigenvalue weighted by Gasteiger charge is -2.45. The first kappa shape index (κ1) is 25.1. The van der Waals surface area contributed by atoms with Gasteiger partial charge in [0.05, 0.1) is 5.56 Å². The van der Waals surface area contributed by atoms with Gasteiger partial charge in [0.1, 0.15) is 0 Å². The van der Waals surface area contributed by atoms with E-state index in [9.17, 15) is 18.0 Å². The van der Waals surface area contributed by atoms with E-state index in [0.717, 1.165) is 31.7 Å². The third kappa shape index (κ3) is 5.17. The molecule has 2 N–H and O–H groups in total. The van der Waals surface area contributed by atoms with Crippen LogP contribution in [0.2, 0.25) is 0 Å². The fourth-order valence-corrected chi connectivity index (χ4v) is 5.31. The number of hydrogen-bond donors (Lipinski definition) is 1. The van der Waals surface area contributed by atoms with Crippen molar-refractivity contribution in [3.05, 3.63) is 29.8 Å². The molecule has 4 rings (SSSR count). The molecule has 4 nitrogen and oxygen atoms in total. The Labute approximate surface area is 188 Å². The zero-order chi connectivity index (χ0) is 19.9. The highest BCUT2D eigenvalue weighted by molar-refractivity contribution is 5.85. The van der Waals surface area contributed by atoms with Crippen LogP contribution in [0.15, 0.2) is 24.3 Å². The highest BCUT2D eigenvalue weighted by Crippen LogP contribution is 2.42. The number of halogens is 5. The Morgan fingerprint density at radius 2 is 1.60 bits per heavy atom. The van der Waals surface area contributed by atoms with Gasteiger partial charge in [-0.25, -0.2) is 0 Å². The number of nitrogens with zero attached hydrogens (tertiary/aromatic N) is 2. The standard InChI is InChI=1S/C21H28F3N3O.2ClH/c22-21(23,24)17-5-2-6-18(13-17)26-7-9-27(10-8-26)20(28)16-11-14-3-1-4-15(12-16)19(14)25;;/h2,5-6,13-16,19H,1,3-4,7-12,25H2;2*1H. The first-order chi connectivity index (χ1) is 13.3. The Bertz CT molecular complexity index is 712. The molecule has 0 spiro atoms. The van der Waals surface area contributed by atoms with Gasteiger partial charge in [-0.05, 0) is 55.7 Å². The molecule has 2 aliphatic carbocycles. The van der Waals surface area contributed by atoms with Crippen molar-refractivity contribution in [3.8, 4) is 0 Å². The number of nitrogens with two attached hydrogens (primary N) is 1. The Hall–Kier alpha value is -1.18. The monoisotopic (exact) mass is 467 g/mol. The number of piperazine rings is 1. The number of hydrogen-bond acceptors (Lipinski definition) is 3. The molecule has 0 radical (unpaired) electrons. The molecular formula is C21H30Cl2F3N3O. The number of benzene rings is 1. The fourth-order valence-electron chi connectivity index (χ4n) is 5.31. The molecule has 2 bridgehead atoms. The van der Waals surface area contributed by atoms with Crippen molar-refractivity contribution in [2.75, 3.05) is 31.1 Å². The number of fused-ring (bicyclic) bond motifs is 2. The summed E-state index contributed by atoms with van der Waals surface area (Å²) in [6.45, 7) is 2.25. The van der Waals surface area contributed by atoms with E-state index in [1.807, 2.05) is 9.80 Å². The van der Waals surface area contributed by atoms with Crippen LogP contribution in [0.3, 0.4) is 0 Å². The Balaban J connectivity index is 0.00000160. The summed E-state index contributed by atoms with van der Waals surface area (Å²) in [5, 5.41) is 0. The molecule has 1 amide bonds. The summed E-state index contributed by atoms with van der Waals surface area (Å²) in [7, 11) is 0. The van der Waals surface area contributed by atoms with Gasteiger partial charge in [0.2, 0.25) is 5.91 Å². The van der Waals surface area contributed by atoms with Crippen LogP contribution in [0.1, 0.15) is 37.7 Å². The van der Waals surface area contributed by atoms with E-state index in [4.69, 9.17) is 5.73 Å². The molecule has 0 aromatic heterocycles. The second kappa shape index (κ2) is 9.96. The van der Waals surface area contributed by atoms with Crippen LogP contribution in [0.5, 0.6) is 0 Å². The SMILES string of the molecule is Cl.Cl.NC1C2CCCC1CC(C(=O)N1CCN(c3cccc(C(F)(F)F)c3)CC1)C2. The third-order valence-electron chi connectivity index (χ3n) is 6.89. The van der Waals surface area contributed by atoms with Crippen LogP contribution >= 0.6 is 24.8 Å². The predicted molar refractivity (Wildman–Crippen MR) is 116 cm³/mol. The van der Waals surface area contributed by atoms with Gasteiger partial charge in [0.25, 0.3) is 0 Å². The van der Waals surface area contributed by atoms with E-state index in [-0.39, 0.29) is 42.7 Å². The minimum atomic E-state index is -4.34. The van der Waals surface area contributed by atoms with E-state index >= 15 is 0 Å². The summed E-state index contributed by atoms with van der Waals surface area (Å²) in [5.41, 5.74) is 6.28. The number of amides is 1. The van der Waals surface area contributed by atoms with Crippen molar-refractivity contribution in [2.24, 2.45) is 23.5 Å². The number of alkyl halides is 3. The first-order valence-corrected chi connectivity index (χ1v) is 10.3. The summed E-state index contributed by atoms with van der Waals surface area (Å²) < 4.78 is 38.9. The van der Waals surface area contributed by atoms with Crippen molar-refractivity contribution >= 4 is 36.4 Å². The molecule has 1 saturated heterocycles. The van der Waals surface area contributed by atoms with Crippen LogP contribution in [-0.2, 0) is 11.0 Å². The summed E-state index contributed by atoms with van der Waals surface area (Å²) in [4.78, 5) is 16.9. The predicted octanol–water partition coefficient (Wildman–Crippen LogP) is 4.35. The molecule has 3 aliphatic rings. The molecule has 3 fully saturated rings. The second-order valence-electron chi connectivity index (χ2n) is 8.56. The van der Waals surface area contributed by atoms with Gasteiger partial charge < -0.3 is 15.5 Å². The van der Waals surface area contributed by atoms with E-state index in [2.05, 4.69) is 0 Å². The van der Waals surface area contributed by atoms with Crippen LogP contribution in [0.4, 0.5) is 18.9 Å². The zero-order valence-electron chi connectivity index (χ0n) is 16.8. The third-order valence-corrected chi connectivity index (χ3v) is 6.89. The molecule has 1 aliphatic heterocycles. The van der Waals surface area contributed by atoms with E-state index in [1.165, 1.54) is 18.6 Å². The van der Waals surface area contributed by atoms with Gasteiger partial charge in [-0.2, -0.15) is 13.2 Å². The fraction of sp³-hybridized carbons (Fsp3) is 0.667. The topological polar surface area (TPSA) is 49.6 Å². The molecule has 170 valence electrons. The lowest BCUT2D eigenvalue weighted by Crippen LogP contribution is -2.53. The Morgan fingerprint density at radius 3 is 2.17 bits per heavy atom. The maximum absolute atomic E-state index is 13.0. The average Bonchev–Trinajstić information content (AvgIpc) is 2.67. The van der Waals surface area contributed by atoms with Gasteiger partial charge in [-0.1, -0.05) is 12.5 Å². The summed E-state index contributed by atoms with van der Waals surface area (Å²) in [6.07, 6.45) is 0.928. The highest BCUT2D eigenvalue weighted by atomic mass is 35.5. The molecule has 2 unspecified atom stereocenters. The molecule has 9 heteroatoms. The lowest BCUT2D eigenvalue weighted by atomic mass is 9.65.